The van der Waals surface area contributed by atoms with Crippen LogP contribution >= 0.6 is 0 Å². The number of hydrogen-bond acceptors (Lipinski definition) is 6. The SMILES string of the molecule is C=NN1CCC(N)C(=O)N(C)/C1=C1/CCS(=O)(=O)C1. The molecule has 2 N–H and O–H groups in total. The molecule has 2 aliphatic heterocycles. The molecule has 2 aliphatic rings. The summed E-state index contributed by atoms with van der Waals surface area (Å²) in [5, 5.41) is 5.45. The molecule has 0 aromatic carbocycles. The van der Waals surface area contributed by atoms with Crippen LogP contribution in [-0.4, -0.2) is 62.1 Å². The first-order chi connectivity index (χ1) is 8.85. The molecule has 0 bridgehead atoms. The maximum atomic E-state index is 12.1. The van der Waals surface area contributed by atoms with Crippen molar-refractivity contribution < 1.29 is 13.2 Å². The second-order valence-corrected chi connectivity index (χ2v) is 7.01. The summed E-state index contributed by atoms with van der Waals surface area (Å²) >= 11 is 0. The molecule has 0 spiro atoms. The van der Waals surface area contributed by atoms with Crippen molar-refractivity contribution in [3.63, 3.8) is 0 Å². The van der Waals surface area contributed by atoms with Crippen LogP contribution in [0.4, 0.5) is 0 Å². The van der Waals surface area contributed by atoms with E-state index in [-0.39, 0.29) is 17.4 Å². The average Bonchev–Trinajstić information content (AvgIpc) is 2.67. The first-order valence-electron chi connectivity index (χ1n) is 6.05. The van der Waals surface area contributed by atoms with Crippen LogP contribution in [0.15, 0.2) is 16.5 Å². The van der Waals surface area contributed by atoms with Crippen LogP contribution in [0.2, 0.25) is 0 Å². The van der Waals surface area contributed by atoms with Gasteiger partial charge in [-0.15, -0.1) is 0 Å². The van der Waals surface area contributed by atoms with Crippen LogP contribution in [0.1, 0.15) is 12.8 Å². The quantitative estimate of drug-likeness (QED) is 0.632. The van der Waals surface area contributed by atoms with Crippen LogP contribution in [0.25, 0.3) is 0 Å². The Morgan fingerprint density at radius 1 is 1.47 bits per heavy atom. The molecular weight excluding hydrogens is 268 g/mol. The minimum Gasteiger partial charge on any atom is -0.320 e. The van der Waals surface area contributed by atoms with E-state index in [4.69, 9.17) is 5.73 Å². The lowest BCUT2D eigenvalue weighted by Gasteiger charge is -2.27. The van der Waals surface area contributed by atoms with Crippen molar-refractivity contribution in [2.75, 3.05) is 25.1 Å². The van der Waals surface area contributed by atoms with E-state index in [1.54, 1.807) is 12.1 Å². The van der Waals surface area contributed by atoms with Gasteiger partial charge in [-0.3, -0.25) is 9.69 Å². The number of carbonyl (C=O) groups excluding carboxylic acids is 1. The smallest absolute Gasteiger partial charge is 0.244 e. The van der Waals surface area contributed by atoms with Gasteiger partial charge in [0, 0.05) is 20.3 Å². The molecule has 2 fully saturated rings. The number of rotatable bonds is 1. The average molecular weight is 286 g/mol. The number of likely N-dealkylation sites (N-methyl/N-ethyl adjacent to an activating group) is 1. The van der Waals surface area contributed by atoms with E-state index in [2.05, 4.69) is 11.8 Å². The molecule has 2 saturated heterocycles. The number of nitrogens with zero attached hydrogens (tertiary/aromatic N) is 3. The zero-order valence-corrected chi connectivity index (χ0v) is 11.7. The van der Waals surface area contributed by atoms with Crippen LogP contribution in [-0.2, 0) is 14.6 Å². The lowest BCUT2D eigenvalue weighted by molar-refractivity contribution is -0.129. The van der Waals surface area contributed by atoms with E-state index in [0.29, 0.717) is 30.8 Å². The van der Waals surface area contributed by atoms with Gasteiger partial charge in [0.05, 0.1) is 17.5 Å². The highest BCUT2D eigenvalue weighted by atomic mass is 32.2. The Balaban J connectivity index is 2.46. The lowest BCUT2D eigenvalue weighted by atomic mass is 10.2. The van der Waals surface area contributed by atoms with Crippen LogP contribution in [0.3, 0.4) is 0 Å². The number of hydrogen-bond donors (Lipinski definition) is 1. The van der Waals surface area contributed by atoms with Gasteiger partial charge < -0.3 is 5.73 Å². The van der Waals surface area contributed by atoms with Crippen molar-refractivity contribution in [1.82, 2.24) is 9.91 Å². The third-order valence-electron chi connectivity index (χ3n) is 3.46. The number of sulfone groups is 1. The van der Waals surface area contributed by atoms with Crippen molar-refractivity contribution in [1.29, 1.82) is 0 Å². The van der Waals surface area contributed by atoms with Crippen molar-refractivity contribution in [2.45, 2.75) is 18.9 Å². The standard InChI is InChI=1S/C11H18N4O3S/c1-13-15-5-3-9(12)11(16)14(2)10(15)8-4-6-19(17,18)7-8/h9H,1,3-7,12H2,2H3/b10-8+. The van der Waals surface area contributed by atoms with E-state index >= 15 is 0 Å². The van der Waals surface area contributed by atoms with E-state index in [0.717, 1.165) is 0 Å². The summed E-state index contributed by atoms with van der Waals surface area (Å²) in [5.74, 6) is 0.388. The Morgan fingerprint density at radius 2 is 2.16 bits per heavy atom. The van der Waals surface area contributed by atoms with Gasteiger partial charge in [0.15, 0.2) is 9.84 Å². The summed E-state index contributed by atoms with van der Waals surface area (Å²) in [7, 11) is -1.46. The summed E-state index contributed by atoms with van der Waals surface area (Å²) in [6.45, 7) is 3.94. The molecule has 0 radical (unpaired) electrons. The number of hydrazone groups is 1. The predicted octanol–water partition coefficient (Wildman–Crippen LogP) is -0.876. The monoisotopic (exact) mass is 286 g/mol. The topological polar surface area (TPSA) is 96.1 Å². The number of nitrogens with two attached hydrogens (primary N) is 1. The molecule has 0 saturated carbocycles. The maximum Gasteiger partial charge on any atom is 0.244 e. The summed E-state index contributed by atoms with van der Waals surface area (Å²) < 4.78 is 23.2. The first kappa shape index (κ1) is 14.0. The summed E-state index contributed by atoms with van der Waals surface area (Å²) in [4.78, 5) is 13.5. The highest BCUT2D eigenvalue weighted by Crippen LogP contribution is 2.27. The van der Waals surface area contributed by atoms with Crippen LogP contribution in [0, 0.1) is 0 Å². The van der Waals surface area contributed by atoms with E-state index < -0.39 is 15.9 Å². The molecule has 0 aromatic heterocycles. The second-order valence-electron chi connectivity index (χ2n) is 4.83. The Hall–Kier alpha value is -1.41. The molecule has 19 heavy (non-hydrogen) atoms. The summed E-state index contributed by atoms with van der Waals surface area (Å²) in [6, 6.07) is -0.592. The fourth-order valence-corrected chi connectivity index (χ4v) is 3.95. The van der Waals surface area contributed by atoms with Gasteiger partial charge in [-0.05, 0) is 18.4 Å². The molecule has 0 aromatic rings. The largest absolute Gasteiger partial charge is 0.320 e. The third-order valence-corrected chi connectivity index (χ3v) is 5.07. The van der Waals surface area contributed by atoms with Gasteiger partial charge >= 0.3 is 0 Å². The van der Waals surface area contributed by atoms with Crippen molar-refractivity contribution in [3.8, 4) is 0 Å². The van der Waals surface area contributed by atoms with Gasteiger partial charge in [0.2, 0.25) is 5.91 Å². The van der Waals surface area contributed by atoms with E-state index in [1.807, 2.05) is 0 Å². The predicted molar refractivity (Wildman–Crippen MR) is 71.9 cm³/mol. The van der Waals surface area contributed by atoms with Gasteiger partial charge in [0.25, 0.3) is 0 Å². The van der Waals surface area contributed by atoms with Crippen molar-refractivity contribution in [3.05, 3.63) is 11.4 Å². The fraction of sp³-hybridized carbons (Fsp3) is 0.636. The van der Waals surface area contributed by atoms with Gasteiger partial charge in [-0.1, -0.05) is 0 Å². The Morgan fingerprint density at radius 3 is 2.68 bits per heavy atom. The highest BCUT2D eigenvalue weighted by molar-refractivity contribution is 7.91. The molecular formula is C11H18N4O3S. The number of amides is 1. The molecule has 0 aliphatic carbocycles. The first-order valence-corrected chi connectivity index (χ1v) is 7.87. The Kier molecular flexibility index (Phi) is 3.64. The van der Waals surface area contributed by atoms with Crippen LogP contribution in [0.5, 0.6) is 0 Å². The normalized spacial score (nSPS) is 31.5. The minimum absolute atomic E-state index is 0.0266. The zero-order chi connectivity index (χ0) is 14.2. The minimum atomic E-state index is -3.06. The van der Waals surface area contributed by atoms with Crippen molar-refractivity contribution >= 4 is 22.5 Å². The molecule has 2 heterocycles. The van der Waals surface area contributed by atoms with Crippen LogP contribution < -0.4 is 5.73 Å². The van der Waals surface area contributed by atoms with Gasteiger partial charge in [0.1, 0.15) is 5.82 Å². The van der Waals surface area contributed by atoms with E-state index in [9.17, 15) is 13.2 Å². The second kappa shape index (κ2) is 4.93. The van der Waals surface area contributed by atoms with Crippen molar-refractivity contribution in [2.24, 2.45) is 10.8 Å². The molecule has 106 valence electrons. The number of carbonyl (C=O) groups is 1. The highest BCUT2D eigenvalue weighted by Gasteiger charge is 2.34. The van der Waals surface area contributed by atoms with Gasteiger partial charge in [-0.2, -0.15) is 5.10 Å². The molecule has 1 unspecified atom stereocenters. The zero-order valence-electron chi connectivity index (χ0n) is 10.9. The summed E-state index contributed by atoms with van der Waals surface area (Å²) in [6.07, 6.45) is 0.891. The lowest BCUT2D eigenvalue weighted by Crippen LogP contribution is -2.40. The maximum absolute atomic E-state index is 12.1. The molecule has 1 amide bonds. The molecule has 8 heteroatoms. The third kappa shape index (κ3) is 2.64. The van der Waals surface area contributed by atoms with E-state index in [1.165, 1.54) is 4.90 Å². The Labute approximate surface area is 112 Å². The summed E-state index contributed by atoms with van der Waals surface area (Å²) in [5.41, 5.74) is 6.48. The van der Waals surface area contributed by atoms with Gasteiger partial charge in [-0.25, -0.2) is 13.4 Å². The molecule has 7 nitrogen and oxygen atoms in total. The fourth-order valence-electron chi connectivity index (χ4n) is 2.44. The molecule has 1 atom stereocenters. The Bertz CT molecular complexity index is 540. The molecule has 2 rings (SSSR count).